The summed E-state index contributed by atoms with van der Waals surface area (Å²) < 4.78 is 19.0. The fourth-order valence-corrected chi connectivity index (χ4v) is 1.24. The molecule has 0 amide bonds. The van der Waals surface area contributed by atoms with E-state index < -0.39 is 11.9 Å². The SMILES string of the molecule is CC(Oc1ccc(Br)cc1F)C(N)=NO. The summed E-state index contributed by atoms with van der Waals surface area (Å²) in [6.07, 6.45) is -0.689. The standard InChI is InChI=1S/C9H10BrFN2O2/c1-5(9(12)13-14)15-8-3-2-6(10)4-7(8)11/h2-5,14H,1H3,(H2,12,13). The van der Waals surface area contributed by atoms with Crippen LogP contribution in [0.1, 0.15) is 6.92 Å². The van der Waals surface area contributed by atoms with Gasteiger partial charge in [0.2, 0.25) is 0 Å². The Labute approximate surface area is 94.7 Å². The van der Waals surface area contributed by atoms with E-state index in [9.17, 15) is 4.39 Å². The van der Waals surface area contributed by atoms with Crippen LogP contribution in [0, 0.1) is 5.82 Å². The van der Waals surface area contributed by atoms with Crippen LogP contribution in [0.3, 0.4) is 0 Å². The van der Waals surface area contributed by atoms with Crippen LogP contribution in [-0.4, -0.2) is 17.1 Å². The number of nitrogens with two attached hydrogens (primary N) is 1. The third-order valence-corrected chi connectivity index (χ3v) is 2.22. The van der Waals surface area contributed by atoms with Crippen molar-refractivity contribution in [3.8, 4) is 5.75 Å². The molecule has 6 heteroatoms. The van der Waals surface area contributed by atoms with Crippen LogP contribution in [0.5, 0.6) is 5.75 Å². The molecule has 1 unspecified atom stereocenters. The van der Waals surface area contributed by atoms with E-state index in [-0.39, 0.29) is 11.6 Å². The number of rotatable bonds is 3. The van der Waals surface area contributed by atoms with Crippen molar-refractivity contribution in [2.45, 2.75) is 13.0 Å². The van der Waals surface area contributed by atoms with Gasteiger partial charge in [-0.15, -0.1) is 0 Å². The van der Waals surface area contributed by atoms with Crippen molar-refractivity contribution >= 4 is 21.8 Å². The first-order chi connectivity index (χ1) is 7.04. The molecule has 0 spiro atoms. The van der Waals surface area contributed by atoms with Crippen molar-refractivity contribution in [2.75, 3.05) is 0 Å². The molecular weight excluding hydrogens is 267 g/mol. The summed E-state index contributed by atoms with van der Waals surface area (Å²) in [5, 5.41) is 11.1. The highest BCUT2D eigenvalue weighted by molar-refractivity contribution is 9.10. The van der Waals surface area contributed by atoms with Gasteiger partial charge in [-0.2, -0.15) is 0 Å². The largest absolute Gasteiger partial charge is 0.480 e. The maximum atomic E-state index is 13.3. The molecule has 0 aliphatic carbocycles. The van der Waals surface area contributed by atoms with Crippen molar-refractivity contribution in [1.82, 2.24) is 0 Å². The fraction of sp³-hybridized carbons (Fsp3) is 0.222. The van der Waals surface area contributed by atoms with Gasteiger partial charge in [0.25, 0.3) is 0 Å². The number of ether oxygens (including phenoxy) is 1. The molecule has 0 aromatic heterocycles. The maximum absolute atomic E-state index is 13.3. The Morgan fingerprint density at radius 1 is 1.67 bits per heavy atom. The van der Waals surface area contributed by atoms with Gasteiger partial charge in [0.15, 0.2) is 23.5 Å². The van der Waals surface area contributed by atoms with Gasteiger partial charge < -0.3 is 15.7 Å². The van der Waals surface area contributed by atoms with Crippen LogP contribution in [0.2, 0.25) is 0 Å². The van der Waals surface area contributed by atoms with E-state index >= 15 is 0 Å². The Kier molecular flexibility index (Phi) is 3.90. The van der Waals surface area contributed by atoms with Gasteiger partial charge in [-0.25, -0.2) is 4.39 Å². The minimum absolute atomic E-state index is 0.0531. The molecule has 1 aromatic rings. The minimum atomic E-state index is -0.689. The van der Waals surface area contributed by atoms with E-state index in [0.29, 0.717) is 4.47 Å². The zero-order valence-electron chi connectivity index (χ0n) is 7.95. The summed E-state index contributed by atoms with van der Waals surface area (Å²) in [7, 11) is 0. The van der Waals surface area contributed by atoms with Gasteiger partial charge in [-0.3, -0.25) is 0 Å². The molecular formula is C9H10BrFN2O2. The van der Waals surface area contributed by atoms with E-state index in [4.69, 9.17) is 15.7 Å². The molecule has 0 saturated heterocycles. The molecule has 3 N–H and O–H groups in total. The molecule has 15 heavy (non-hydrogen) atoms. The first-order valence-corrected chi connectivity index (χ1v) is 4.93. The van der Waals surface area contributed by atoms with Crippen LogP contribution in [0.4, 0.5) is 4.39 Å². The molecule has 0 fully saturated rings. The zero-order valence-corrected chi connectivity index (χ0v) is 9.53. The quantitative estimate of drug-likeness (QED) is 0.385. The Balaban J connectivity index is 2.81. The van der Waals surface area contributed by atoms with E-state index in [1.807, 2.05) is 0 Å². The first kappa shape index (κ1) is 11.8. The first-order valence-electron chi connectivity index (χ1n) is 4.13. The summed E-state index contributed by atoms with van der Waals surface area (Å²) in [5.41, 5.74) is 5.29. The second-order valence-corrected chi connectivity index (χ2v) is 3.78. The predicted octanol–water partition coefficient (Wildman–Crippen LogP) is 2.10. The van der Waals surface area contributed by atoms with E-state index in [2.05, 4.69) is 21.1 Å². The normalized spacial score (nSPS) is 13.7. The molecule has 4 nitrogen and oxygen atoms in total. The lowest BCUT2D eigenvalue weighted by Gasteiger charge is -2.13. The Morgan fingerprint density at radius 2 is 2.33 bits per heavy atom. The molecule has 0 heterocycles. The average molecular weight is 277 g/mol. The van der Waals surface area contributed by atoms with Gasteiger partial charge in [0.05, 0.1) is 0 Å². The molecule has 1 aromatic carbocycles. The minimum Gasteiger partial charge on any atom is -0.480 e. The highest BCUT2D eigenvalue weighted by Gasteiger charge is 2.12. The van der Waals surface area contributed by atoms with Crippen LogP contribution in [0.15, 0.2) is 27.8 Å². The molecule has 0 aliphatic heterocycles. The van der Waals surface area contributed by atoms with Gasteiger partial charge in [-0.1, -0.05) is 21.1 Å². The molecule has 1 atom stereocenters. The summed E-state index contributed by atoms with van der Waals surface area (Å²) in [5.74, 6) is -0.573. The van der Waals surface area contributed by atoms with E-state index in [1.54, 1.807) is 13.0 Å². The van der Waals surface area contributed by atoms with Crippen molar-refractivity contribution < 1.29 is 14.3 Å². The van der Waals surface area contributed by atoms with Crippen LogP contribution in [0.25, 0.3) is 0 Å². The van der Waals surface area contributed by atoms with Gasteiger partial charge in [0.1, 0.15) is 0 Å². The number of hydrogen-bond donors (Lipinski definition) is 2. The Hall–Kier alpha value is -1.30. The number of amidine groups is 1. The van der Waals surface area contributed by atoms with E-state index in [1.165, 1.54) is 12.1 Å². The number of nitrogens with zero attached hydrogens (tertiary/aromatic N) is 1. The molecule has 0 aliphatic rings. The van der Waals surface area contributed by atoms with Crippen molar-refractivity contribution in [2.24, 2.45) is 10.9 Å². The Morgan fingerprint density at radius 3 is 2.87 bits per heavy atom. The number of hydrogen-bond acceptors (Lipinski definition) is 3. The summed E-state index contributed by atoms with van der Waals surface area (Å²) in [6, 6.07) is 4.37. The fourth-order valence-electron chi connectivity index (χ4n) is 0.903. The number of benzene rings is 1. The van der Waals surface area contributed by atoms with Gasteiger partial charge in [0, 0.05) is 4.47 Å². The predicted molar refractivity (Wildman–Crippen MR) is 57.6 cm³/mol. The summed E-state index contributed by atoms with van der Waals surface area (Å²) in [6.45, 7) is 1.55. The van der Waals surface area contributed by atoms with Crippen LogP contribution < -0.4 is 10.5 Å². The smallest absolute Gasteiger partial charge is 0.180 e. The highest BCUT2D eigenvalue weighted by atomic mass is 79.9. The lowest BCUT2D eigenvalue weighted by Crippen LogP contribution is -2.31. The highest BCUT2D eigenvalue weighted by Crippen LogP contribution is 2.22. The van der Waals surface area contributed by atoms with Gasteiger partial charge >= 0.3 is 0 Å². The van der Waals surface area contributed by atoms with Crippen molar-refractivity contribution in [3.05, 3.63) is 28.5 Å². The second kappa shape index (κ2) is 4.97. The average Bonchev–Trinajstić information content (AvgIpc) is 2.20. The number of halogens is 2. The topological polar surface area (TPSA) is 67.8 Å². The lowest BCUT2D eigenvalue weighted by molar-refractivity contribution is 0.256. The molecule has 82 valence electrons. The monoisotopic (exact) mass is 276 g/mol. The zero-order chi connectivity index (χ0) is 11.4. The van der Waals surface area contributed by atoms with Crippen LogP contribution >= 0.6 is 15.9 Å². The molecule has 0 radical (unpaired) electrons. The van der Waals surface area contributed by atoms with Gasteiger partial charge in [-0.05, 0) is 25.1 Å². The summed E-state index contributed by atoms with van der Waals surface area (Å²) >= 11 is 3.12. The molecule has 0 bridgehead atoms. The third kappa shape index (κ3) is 3.09. The number of oxime groups is 1. The Bertz CT molecular complexity index is 384. The molecule has 0 saturated carbocycles. The summed E-state index contributed by atoms with van der Waals surface area (Å²) in [4.78, 5) is 0. The third-order valence-electron chi connectivity index (χ3n) is 1.73. The van der Waals surface area contributed by atoms with Crippen LogP contribution in [-0.2, 0) is 0 Å². The lowest BCUT2D eigenvalue weighted by atomic mass is 10.3. The molecule has 1 rings (SSSR count). The maximum Gasteiger partial charge on any atom is 0.180 e. The van der Waals surface area contributed by atoms with Crippen molar-refractivity contribution in [1.29, 1.82) is 0 Å². The second-order valence-electron chi connectivity index (χ2n) is 2.86. The van der Waals surface area contributed by atoms with E-state index in [0.717, 1.165) is 0 Å². The van der Waals surface area contributed by atoms with Crippen molar-refractivity contribution in [3.63, 3.8) is 0 Å².